The number of carbonyl (C=O) groups is 1. The highest BCUT2D eigenvalue weighted by molar-refractivity contribution is 5.83. The van der Waals surface area contributed by atoms with Crippen molar-refractivity contribution in [2.24, 2.45) is 0 Å². The first-order valence-electron chi connectivity index (χ1n) is 11.6. The Morgan fingerprint density at radius 3 is 2.64 bits per heavy atom. The maximum absolute atomic E-state index is 12.9. The summed E-state index contributed by atoms with van der Waals surface area (Å²) in [6, 6.07) is 12.9. The zero-order valence-corrected chi connectivity index (χ0v) is 19.2. The number of hydrogen-bond acceptors (Lipinski definition) is 6. The van der Waals surface area contributed by atoms with Crippen LogP contribution in [-0.4, -0.2) is 66.3 Å². The van der Waals surface area contributed by atoms with Gasteiger partial charge < -0.3 is 19.3 Å². The van der Waals surface area contributed by atoms with Crippen LogP contribution in [0.2, 0.25) is 0 Å². The van der Waals surface area contributed by atoms with Crippen molar-refractivity contribution in [1.29, 1.82) is 0 Å². The Labute approximate surface area is 194 Å². The van der Waals surface area contributed by atoms with Crippen molar-refractivity contribution in [2.45, 2.75) is 38.3 Å². The predicted molar refractivity (Wildman–Crippen MR) is 128 cm³/mol. The largest absolute Gasteiger partial charge is 0.495 e. The second kappa shape index (κ2) is 9.35. The van der Waals surface area contributed by atoms with Gasteiger partial charge in [-0.05, 0) is 55.5 Å². The van der Waals surface area contributed by atoms with Gasteiger partial charge in [0.05, 0.1) is 25.4 Å². The second-order valence-corrected chi connectivity index (χ2v) is 8.95. The Morgan fingerprint density at radius 2 is 1.91 bits per heavy atom. The van der Waals surface area contributed by atoms with Crippen molar-refractivity contribution in [2.75, 3.05) is 38.3 Å². The van der Waals surface area contributed by atoms with E-state index in [1.165, 1.54) is 0 Å². The standard InChI is InChI=1S/C26H30N4O3/c1-18-6-9-25(28-13-18)30-20-7-8-21(30)16-29(15-20)26(31)17-33-11-10-19-4-3-5-24-23(19)12-22(32-2)14-27-24/h3-6,9,12-14,20-21H,7-8,10-11,15-17H2,1-2H3. The molecule has 33 heavy (non-hydrogen) atoms. The smallest absolute Gasteiger partial charge is 0.248 e. The highest BCUT2D eigenvalue weighted by atomic mass is 16.5. The van der Waals surface area contributed by atoms with E-state index in [-0.39, 0.29) is 12.5 Å². The molecule has 0 spiro atoms. The van der Waals surface area contributed by atoms with Gasteiger partial charge in [-0.1, -0.05) is 18.2 Å². The number of likely N-dealkylation sites (tertiary alicyclic amines) is 1. The number of aryl methyl sites for hydroxylation is 1. The summed E-state index contributed by atoms with van der Waals surface area (Å²) in [4.78, 5) is 26.3. The molecule has 2 bridgehead atoms. The van der Waals surface area contributed by atoms with E-state index in [4.69, 9.17) is 9.47 Å². The summed E-state index contributed by atoms with van der Waals surface area (Å²) in [6.07, 6.45) is 6.57. The molecule has 2 aromatic heterocycles. The molecule has 2 atom stereocenters. The summed E-state index contributed by atoms with van der Waals surface area (Å²) in [5, 5.41) is 1.06. The van der Waals surface area contributed by atoms with Crippen LogP contribution in [0.3, 0.4) is 0 Å². The molecule has 7 nitrogen and oxygen atoms in total. The minimum atomic E-state index is 0.0738. The fourth-order valence-corrected chi connectivity index (χ4v) is 5.05. The normalized spacial score (nSPS) is 19.8. The number of carbonyl (C=O) groups excluding carboxylic acids is 1. The maximum atomic E-state index is 12.9. The lowest BCUT2D eigenvalue weighted by Gasteiger charge is -2.41. The molecule has 0 radical (unpaired) electrons. The van der Waals surface area contributed by atoms with Crippen LogP contribution in [0.25, 0.3) is 10.9 Å². The van der Waals surface area contributed by atoms with Crippen molar-refractivity contribution in [1.82, 2.24) is 14.9 Å². The zero-order valence-electron chi connectivity index (χ0n) is 19.2. The molecule has 2 unspecified atom stereocenters. The first kappa shape index (κ1) is 21.6. The predicted octanol–water partition coefficient (Wildman–Crippen LogP) is 3.39. The lowest BCUT2D eigenvalue weighted by molar-refractivity contribution is -0.137. The van der Waals surface area contributed by atoms with Gasteiger partial charge in [-0.2, -0.15) is 0 Å². The number of aromatic nitrogens is 2. The third-order valence-corrected chi connectivity index (χ3v) is 6.76. The number of hydrogen-bond donors (Lipinski definition) is 0. The number of anilines is 1. The average Bonchev–Trinajstić information content (AvgIpc) is 3.10. The van der Waals surface area contributed by atoms with E-state index >= 15 is 0 Å². The summed E-state index contributed by atoms with van der Waals surface area (Å²) in [7, 11) is 1.64. The number of ether oxygens (including phenoxy) is 2. The van der Waals surface area contributed by atoms with Crippen LogP contribution in [0.15, 0.2) is 48.8 Å². The molecule has 7 heteroatoms. The number of fused-ring (bicyclic) bond motifs is 3. The third-order valence-electron chi connectivity index (χ3n) is 6.76. The fraction of sp³-hybridized carbons (Fsp3) is 0.423. The monoisotopic (exact) mass is 446 g/mol. The van der Waals surface area contributed by atoms with E-state index in [2.05, 4.69) is 40.0 Å². The highest BCUT2D eigenvalue weighted by Gasteiger charge is 2.41. The molecule has 0 aliphatic carbocycles. The summed E-state index contributed by atoms with van der Waals surface area (Å²) < 4.78 is 11.1. The third kappa shape index (κ3) is 4.50. The molecule has 172 valence electrons. The van der Waals surface area contributed by atoms with Crippen molar-refractivity contribution < 1.29 is 14.3 Å². The van der Waals surface area contributed by atoms with Gasteiger partial charge in [0.2, 0.25) is 5.91 Å². The van der Waals surface area contributed by atoms with E-state index in [1.54, 1.807) is 13.3 Å². The van der Waals surface area contributed by atoms with Gasteiger partial charge >= 0.3 is 0 Å². The van der Waals surface area contributed by atoms with Crippen LogP contribution in [0.1, 0.15) is 24.0 Å². The molecule has 3 aromatic rings. The van der Waals surface area contributed by atoms with Crippen molar-refractivity contribution in [3.8, 4) is 5.75 Å². The number of amides is 1. The molecule has 1 amide bonds. The molecule has 2 aliphatic heterocycles. The molecule has 1 aromatic carbocycles. The highest BCUT2D eigenvalue weighted by Crippen LogP contribution is 2.34. The molecule has 2 saturated heterocycles. The quantitative estimate of drug-likeness (QED) is 0.519. The van der Waals surface area contributed by atoms with Crippen molar-refractivity contribution in [3.05, 3.63) is 59.9 Å². The molecular formula is C26H30N4O3. The SMILES string of the molecule is COc1cnc2cccc(CCOCC(=O)N3CC4CCC(C3)N4c3ccc(C)cn3)c2c1. The van der Waals surface area contributed by atoms with Crippen LogP contribution >= 0.6 is 0 Å². The molecular weight excluding hydrogens is 416 g/mol. The maximum Gasteiger partial charge on any atom is 0.248 e. The van der Waals surface area contributed by atoms with Gasteiger partial charge in [-0.3, -0.25) is 9.78 Å². The zero-order chi connectivity index (χ0) is 22.8. The second-order valence-electron chi connectivity index (χ2n) is 8.95. The summed E-state index contributed by atoms with van der Waals surface area (Å²) >= 11 is 0. The molecule has 0 saturated carbocycles. The number of methoxy groups -OCH3 is 1. The number of rotatable bonds is 7. The molecule has 2 fully saturated rings. The van der Waals surface area contributed by atoms with Crippen molar-refractivity contribution in [3.63, 3.8) is 0 Å². The van der Waals surface area contributed by atoms with Crippen LogP contribution in [-0.2, 0) is 16.0 Å². The first-order chi connectivity index (χ1) is 16.1. The molecule has 5 rings (SSSR count). The number of piperazine rings is 1. The topological polar surface area (TPSA) is 67.8 Å². The van der Waals surface area contributed by atoms with E-state index in [1.807, 2.05) is 29.3 Å². The van der Waals surface area contributed by atoms with E-state index in [0.717, 1.165) is 65.9 Å². The Morgan fingerprint density at radius 1 is 1.09 bits per heavy atom. The molecule has 2 aliphatic rings. The van der Waals surface area contributed by atoms with Gasteiger partial charge in [0, 0.05) is 36.8 Å². The van der Waals surface area contributed by atoms with Gasteiger partial charge in [-0.15, -0.1) is 0 Å². The van der Waals surface area contributed by atoms with E-state index < -0.39 is 0 Å². The summed E-state index contributed by atoms with van der Waals surface area (Å²) in [5.74, 6) is 1.84. The number of nitrogens with zero attached hydrogens (tertiary/aromatic N) is 4. The Bertz CT molecular complexity index is 1120. The molecule has 4 heterocycles. The lowest BCUT2D eigenvalue weighted by Crippen LogP contribution is -2.56. The average molecular weight is 447 g/mol. The Hall–Kier alpha value is -3.19. The first-order valence-corrected chi connectivity index (χ1v) is 11.6. The van der Waals surface area contributed by atoms with Gasteiger partial charge in [-0.25, -0.2) is 4.98 Å². The minimum absolute atomic E-state index is 0.0738. The Balaban J connectivity index is 1.15. The van der Waals surface area contributed by atoms with E-state index in [9.17, 15) is 4.79 Å². The van der Waals surface area contributed by atoms with Gasteiger partial charge in [0.1, 0.15) is 18.2 Å². The van der Waals surface area contributed by atoms with Crippen LogP contribution in [0.5, 0.6) is 5.75 Å². The summed E-state index contributed by atoms with van der Waals surface area (Å²) in [5.41, 5.74) is 3.24. The number of pyridine rings is 2. The number of benzene rings is 1. The minimum Gasteiger partial charge on any atom is -0.495 e. The Kier molecular flexibility index (Phi) is 6.13. The van der Waals surface area contributed by atoms with Crippen LogP contribution < -0.4 is 9.64 Å². The lowest BCUT2D eigenvalue weighted by atomic mass is 10.1. The molecule has 0 N–H and O–H groups in total. The fourth-order valence-electron chi connectivity index (χ4n) is 5.05. The van der Waals surface area contributed by atoms with Crippen molar-refractivity contribution >= 4 is 22.6 Å². The van der Waals surface area contributed by atoms with E-state index in [0.29, 0.717) is 18.7 Å². The van der Waals surface area contributed by atoms with Crippen LogP contribution in [0.4, 0.5) is 5.82 Å². The summed E-state index contributed by atoms with van der Waals surface area (Å²) in [6.45, 7) is 4.14. The van der Waals surface area contributed by atoms with Crippen LogP contribution in [0, 0.1) is 6.92 Å². The van der Waals surface area contributed by atoms with Gasteiger partial charge in [0.15, 0.2) is 0 Å². The van der Waals surface area contributed by atoms with Gasteiger partial charge in [0.25, 0.3) is 0 Å².